The monoisotopic (exact) mass is 1330 g/mol. The molecule has 0 aromatic carbocycles. The standard InChI is InChI=1S/C66H112N18O11/c1-2-46-93-48-50-95-51-49-94-47-37-71-64-72-65(81-42-38-79(39-43-81)58(85)29-15-11-7-3-5-9-13-21-35-69-62(91)56(27-17-19-33-67)83-52-54(75-77-83)25-23-31-60(87)88)74-66(73-64)82-44-40-80(41-45-82)59(86)30-16-12-8-4-6-10-14-22-36-70-63(92)57(28-18-20-34-68)84-53-55(76-78-84)26-24-32-61(89)90/h1,52-53,56-57H,3-51,67-68H2,(H,69,91)(H,70,92)(H,87,88)(H,89,90)(H,71,72,73,74)/t56-,57-/m0/s1. The third kappa shape index (κ3) is 32.9. The summed E-state index contributed by atoms with van der Waals surface area (Å²) in [4.78, 5) is 97.9. The molecule has 0 spiro atoms. The van der Waals surface area contributed by atoms with Gasteiger partial charge in [0.2, 0.25) is 41.5 Å². The van der Waals surface area contributed by atoms with E-state index in [1.807, 2.05) is 9.80 Å². The van der Waals surface area contributed by atoms with E-state index in [0.29, 0.717) is 199 Å². The Morgan fingerprint density at radius 2 is 0.884 bits per heavy atom. The number of anilines is 3. The van der Waals surface area contributed by atoms with Crippen LogP contribution in [-0.4, -0.2) is 225 Å². The largest absolute Gasteiger partial charge is 0.481 e. The minimum atomic E-state index is -0.850. The number of nitrogens with two attached hydrogens (primary N) is 2. The van der Waals surface area contributed by atoms with Crippen molar-refractivity contribution >= 4 is 53.4 Å². The summed E-state index contributed by atoms with van der Waals surface area (Å²) in [5, 5.41) is 44.2. The number of ether oxygens (including phenoxy) is 3. The number of unbranched alkanes of at least 4 members (excludes halogenated alkanes) is 16. The van der Waals surface area contributed by atoms with Gasteiger partial charge in [0.05, 0.1) is 44.4 Å². The Hall–Kier alpha value is -7.13. The van der Waals surface area contributed by atoms with Crippen molar-refractivity contribution < 1.29 is 53.2 Å². The van der Waals surface area contributed by atoms with E-state index in [1.54, 1.807) is 21.8 Å². The maximum atomic E-state index is 13.4. The number of carbonyl (C=O) groups excluding carboxylic acids is 4. The van der Waals surface area contributed by atoms with Crippen LogP contribution >= 0.6 is 0 Å². The number of nitrogens with zero attached hydrogens (tertiary/aromatic N) is 13. The van der Waals surface area contributed by atoms with Crippen LogP contribution in [0.1, 0.15) is 203 Å². The summed E-state index contributed by atoms with van der Waals surface area (Å²) in [6.07, 6.45) is 32.3. The van der Waals surface area contributed by atoms with Crippen LogP contribution in [0.4, 0.5) is 17.8 Å². The molecule has 2 atom stereocenters. The van der Waals surface area contributed by atoms with Gasteiger partial charge in [-0.05, 0) is 103 Å². The second-order valence-electron chi connectivity index (χ2n) is 24.6. The quantitative estimate of drug-likeness (QED) is 0.0280. The Kier molecular flexibility index (Phi) is 40.1. The fourth-order valence-electron chi connectivity index (χ4n) is 11.5. The zero-order valence-corrected chi connectivity index (χ0v) is 56.6. The first-order valence-electron chi connectivity index (χ1n) is 35.3. The lowest BCUT2D eigenvalue weighted by atomic mass is 10.1. The summed E-state index contributed by atoms with van der Waals surface area (Å²) >= 11 is 0. The summed E-state index contributed by atoms with van der Waals surface area (Å²) in [7, 11) is 0. The highest BCUT2D eigenvalue weighted by Gasteiger charge is 2.28. The predicted molar refractivity (Wildman–Crippen MR) is 361 cm³/mol. The lowest BCUT2D eigenvalue weighted by Gasteiger charge is -2.36. The van der Waals surface area contributed by atoms with Crippen molar-refractivity contribution in [3.63, 3.8) is 0 Å². The number of aromatic nitrogens is 9. The molecule has 0 bridgehead atoms. The third-order valence-electron chi connectivity index (χ3n) is 17.0. The highest BCUT2D eigenvalue weighted by molar-refractivity contribution is 5.80. The second-order valence-corrected chi connectivity index (χ2v) is 24.6. The van der Waals surface area contributed by atoms with Crippen molar-refractivity contribution in [3.8, 4) is 12.3 Å². The van der Waals surface area contributed by atoms with Gasteiger partial charge in [-0.2, -0.15) is 15.0 Å². The summed E-state index contributed by atoms with van der Waals surface area (Å²) in [6.45, 7) is 9.70. The fourth-order valence-corrected chi connectivity index (χ4v) is 11.5. The molecule has 2 fully saturated rings. The molecule has 5 heterocycles. The molecule has 2 aliphatic rings. The summed E-state index contributed by atoms with van der Waals surface area (Å²) in [5.74, 6) is 2.39. The minimum Gasteiger partial charge on any atom is -0.481 e. The Bertz CT molecular complexity index is 2520. The first-order valence-corrected chi connectivity index (χ1v) is 35.3. The number of aryl methyl sites for hydroxylation is 2. The number of hydrogen-bond donors (Lipinski definition) is 7. The molecule has 5 rings (SSSR count). The predicted octanol–water partition coefficient (Wildman–Crippen LogP) is 5.26. The van der Waals surface area contributed by atoms with E-state index in [2.05, 4.69) is 52.3 Å². The van der Waals surface area contributed by atoms with Gasteiger partial charge in [0.1, 0.15) is 18.7 Å². The molecule has 29 nitrogen and oxygen atoms in total. The van der Waals surface area contributed by atoms with Gasteiger partial charge in [0.15, 0.2) is 0 Å². The molecule has 0 unspecified atom stereocenters. The van der Waals surface area contributed by atoms with E-state index in [9.17, 15) is 28.8 Å². The van der Waals surface area contributed by atoms with Crippen molar-refractivity contribution in [1.29, 1.82) is 0 Å². The molecule has 3 aromatic rings. The van der Waals surface area contributed by atoms with Crippen molar-refractivity contribution in [2.45, 2.75) is 205 Å². The van der Waals surface area contributed by atoms with Crippen LogP contribution in [0.5, 0.6) is 0 Å². The molecule has 0 radical (unpaired) electrons. The van der Waals surface area contributed by atoms with Gasteiger partial charge in [-0.3, -0.25) is 28.8 Å². The molecule has 95 heavy (non-hydrogen) atoms. The fraction of sp³-hybridized carbons (Fsp3) is 0.773. The number of aliphatic carboxylic acids is 2. The first kappa shape index (κ1) is 78.6. The van der Waals surface area contributed by atoms with E-state index >= 15 is 0 Å². The Labute approximate surface area is 562 Å². The molecular weight excluding hydrogens is 1220 g/mol. The zero-order valence-electron chi connectivity index (χ0n) is 56.6. The molecule has 29 heteroatoms. The molecule has 4 amide bonds. The van der Waals surface area contributed by atoms with Crippen LogP contribution in [-0.2, 0) is 55.8 Å². The van der Waals surface area contributed by atoms with Gasteiger partial charge in [0, 0.05) is 110 Å². The number of amides is 4. The molecule has 2 saturated heterocycles. The Morgan fingerprint density at radius 1 is 0.484 bits per heavy atom. The van der Waals surface area contributed by atoms with Gasteiger partial charge >= 0.3 is 11.9 Å². The van der Waals surface area contributed by atoms with E-state index in [-0.39, 0.29) is 43.1 Å². The molecule has 0 aliphatic carbocycles. The molecular formula is C66H112N18O11. The van der Waals surface area contributed by atoms with Crippen LogP contribution in [0.2, 0.25) is 0 Å². The van der Waals surface area contributed by atoms with Crippen LogP contribution in [0, 0.1) is 12.3 Å². The van der Waals surface area contributed by atoms with Crippen molar-refractivity contribution in [2.24, 2.45) is 11.5 Å². The number of piperazine rings is 2. The van der Waals surface area contributed by atoms with Crippen LogP contribution in [0.25, 0.3) is 0 Å². The lowest BCUT2D eigenvalue weighted by Crippen LogP contribution is -2.50. The van der Waals surface area contributed by atoms with Gasteiger partial charge < -0.3 is 71.4 Å². The van der Waals surface area contributed by atoms with E-state index in [0.717, 1.165) is 128 Å². The van der Waals surface area contributed by atoms with Crippen molar-refractivity contribution in [1.82, 2.24) is 65.4 Å². The Morgan fingerprint density at radius 3 is 1.29 bits per heavy atom. The number of carboxylic acids is 2. The number of hydrogen-bond acceptors (Lipinski definition) is 21. The van der Waals surface area contributed by atoms with Gasteiger partial charge in [-0.25, -0.2) is 9.36 Å². The smallest absolute Gasteiger partial charge is 0.303 e. The number of carbonyl (C=O) groups is 6. The topological polar surface area (TPSA) is 372 Å². The maximum Gasteiger partial charge on any atom is 0.303 e. The highest BCUT2D eigenvalue weighted by atomic mass is 16.5. The number of carboxylic acid groups (broad SMARTS) is 2. The average Bonchev–Trinajstić information content (AvgIpc) is 2.10. The Balaban J connectivity index is 0.957. The minimum absolute atomic E-state index is 0.0576. The summed E-state index contributed by atoms with van der Waals surface area (Å²) in [6, 6.07) is -0.973. The lowest BCUT2D eigenvalue weighted by molar-refractivity contribution is -0.138. The third-order valence-corrected chi connectivity index (χ3v) is 17.0. The van der Waals surface area contributed by atoms with E-state index in [4.69, 9.17) is 57.3 Å². The zero-order chi connectivity index (χ0) is 67.9. The van der Waals surface area contributed by atoms with Crippen molar-refractivity contribution in [2.75, 3.05) is 140 Å². The number of terminal acetylenes is 1. The second kappa shape index (κ2) is 48.5. The number of rotatable bonds is 55. The van der Waals surface area contributed by atoms with Gasteiger partial charge in [-0.15, -0.1) is 16.6 Å². The average molecular weight is 1330 g/mol. The summed E-state index contributed by atoms with van der Waals surface area (Å²) < 4.78 is 19.8. The SMILES string of the molecule is C#CCOCCOCCOCCNc1nc(N2CCN(C(=O)CCCCCCCCCCNC(=O)[C@H](CCCCN)n3cc(CCCC(=O)O)nn3)CC2)nc(N2CCN(C(=O)CCCCCCCCCCNC(=O)[C@H](CCCCN)n3cc(CCCC(=O)O)nn3)CC2)n1. The normalized spacial score (nSPS) is 14.0. The van der Waals surface area contributed by atoms with Gasteiger partial charge in [-0.1, -0.05) is 93.4 Å². The first-order chi connectivity index (χ1) is 46.4. The molecule has 0 saturated carbocycles. The molecule has 532 valence electrons. The van der Waals surface area contributed by atoms with Crippen LogP contribution < -0.4 is 37.2 Å². The molecule has 2 aliphatic heterocycles. The maximum absolute atomic E-state index is 13.4. The van der Waals surface area contributed by atoms with Crippen molar-refractivity contribution in [3.05, 3.63) is 23.8 Å². The summed E-state index contributed by atoms with van der Waals surface area (Å²) in [5.41, 5.74) is 12.8. The molecule has 9 N–H and O–H groups in total. The number of nitrogens with one attached hydrogen (secondary N) is 3. The molecule has 3 aromatic heterocycles. The van der Waals surface area contributed by atoms with Crippen LogP contribution in [0.3, 0.4) is 0 Å². The highest BCUT2D eigenvalue weighted by Crippen LogP contribution is 2.23. The van der Waals surface area contributed by atoms with Gasteiger partial charge in [0.25, 0.3) is 0 Å². The van der Waals surface area contributed by atoms with Crippen LogP contribution in [0.15, 0.2) is 12.4 Å². The van der Waals surface area contributed by atoms with E-state index < -0.39 is 24.0 Å². The van der Waals surface area contributed by atoms with E-state index in [1.165, 1.54) is 0 Å².